The second kappa shape index (κ2) is 14.3. The highest BCUT2D eigenvalue weighted by atomic mass is 35.5. The molecule has 4 aromatic rings. The number of nitrogens with one attached hydrogen (secondary N) is 1. The molecule has 0 radical (unpaired) electrons. The van der Waals surface area contributed by atoms with E-state index in [1.807, 2.05) is 31.2 Å². The summed E-state index contributed by atoms with van der Waals surface area (Å²) in [6.45, 7) is 12.2. The summed E-state index contributed by atoms with van der Waals surface area (Å²) in [5.41, 5.74) is 1.38. The molecule has 4 aliphatic rings. The summed E-state index contributed by atoms with van der Waals surface area (Å²) >= 11 is 19.1. The first-order valence-electron chi connectivity index (χ1n) is 18.4. The van der Waals surface area contributed by atoms with Crippen molar-refractivity contribution in [3.8, 4) is 6.07 Å². The summed E-state index contributed by atoms with van der Waals surface area (Å²) in [7, 11) is 1.62. The minimum absolute atomic E-state index is 0.147. The second-order valence-electron chi connectivity index (χ2n) is 15.4. The van der Waals surface area contributed by atoms with Gasteiger partial charge in [0.05, 0.1) is 40.9 Å². The number of urea groups is 1. The van der Waals surface area contributed by atoms with E-state index in [2.05, 4.69) is 21.1 Å². The number of rotatable bonds is 6. The fraction of sp³-hybridized carbons (Fsp3) is 0.302. The van der Waals surface area contributed by atoms with Crippen LogP contribution >= 0.6 is 34.8 Å². The van der Waals surface area contributed by atoms with E-state index in [1.165, 1.54) is 28.0 Å². The van der Waals surface area contributed by atoms with Gasteiger partial charge >= 0.3 is 6.03 Å². The topological polar surface area (TPSA) is 121 Å². The van der Waals surface area contributed by atoms with Gasteiger partial charge in [0.2, 0.25) is 11.8 Å². The van der Waals surface area contributed by atoms with Gasteiger partial charge in [-0.3, -0.25) is 19.3 Å². The number of aryl methyl sites for hydroxylation is 1. The highest BCUT2D eigenvalue weighted by Gasteiger charge is 2.68. The van der Waals surface area contributed by atoms with Crippen LogP contribution in [-0.4, -0.2) is 78.4 Å². The molecule has 0 aromatic heterocycles. The van der Waals surface area contributed by atoms with Crippen molar-refractivity contribution in [1.82, 2.24) is 15.1 Å². The van der Waals surface area contributed by atoms with Crippen molar-refractivity contribution >= 4 is 75.6 Å². The van der Waals surface area contributed by atoms with Crippen molar-refractivity contribution < 1.29 is 19.2 Å². The van der Waals surface area contributed by atoms with Gasteiger partial charge in [-0.2, -0.15) is 5.26 Å². The van der Waals surface area contributed by atoms with Gasteiger partial charge in [-0.15, -0.1) is 0 Å². The molecule has 6 atom stereocenters. The average Bonchev–Trinajstić information content (AvgIpc) is 3.86. The van der Waals surface area contributed by atoms with E-state index >= 15 is 0 Å². The largest absolute Gasteiger partial charge is 0.332 e. The lowest BCUT2D eigenvalue weighted by molar-refractivity contribution is -0.127. The maximum absolute atomic E-state index is 14.9. The number of carbonyl (C=O) groups is 4. The van der Waals surface area contributed by atoms with Crippen molar-refractivity contribution in [2.45, 2.75) is 37.3 Å². The van der Waals surface area contributed by atoms with Gasteiger partial charge in [0, 0.05) is 66.2 Å². The molecule has 4 aliphatic heterocycles. The number of amides is 5. The molecule has 8 rings (SSSR count). The number of likely N-dealkylation sites (N-methyl/N-ethyl adjacent to an activating group) is 1. The number of imide groups is 2. The van der Waals surface area contributed by atoms with Crippen molar-refractivity contribution in [2.24, 2.45) is 11.3 Å². The number of anilines is 2. The number of halogens is 3. The molecule has 1 N–H and O–H groups in total. The van der Waals surface area contributed by atoms with Gasteiger partial charge in [-0.1, -0.05) is 78.1 Å². The number of nitriles is 1. The van der Waals surface area contributed by atoms with Crippen molar-refractivity contribution in [1.29, 1.82) is 5.26 Å². The minimum Gasteiger partial charge on any atom is -0.311 e. The summed E-state index contributed by atoms with van der Waals surface area (Å²) in [5, 5.41) is 14.1. The lowest BCUT2D eigenvalue weighted by Crippen LogP contribution is -2.54. The third-order valence-electron chi connectivity index (χ3n) is 12.4. The number of likely N-dealkylation sites (tertiary alicyclic amines) is 1. The third kappa shape index (κ3) is 6.00. The standard InChI is InChI=1S/C43H36Cl3N7O4/c1-24-13-29(44)16-33(14-24)52-38(54)25(2)42(39(52)55)22-49-36(37(42)28-9-11-32(48-3)12-10-28)21-51-20-35(27-7-5-26(19-47)6-8-27)43(23-51)40(56)53(41(57)50(43)4)34-17-30(45)15-31(46)18-34/h5-18,25,35-37,49H,20-23H2,1-2,4H3/t25-,35+,36?,37-,42-,43-/m1/s1. The maximum atomic E-state index is 14.9. The maximum Gasteiger partial charge on any atom is 0.332 e. The summed E-state index contributed by atoms with van der Waals surface area (Å²) in [6.07, 6.45) is 0. The third-order valence-corrected chi connectivity index (χ3v) is 13.0. The Hall–Kier alpha value is -5.27. The summed E-state index contributed by atoms with van der Waals surface area (Å²) < 4.78 is 0. The molecule has 1 unspecified atom stereocenters. The van der Waals surface area contributed by atoms with E-state index in [-0.39, 0.29) is 40.6 Å². The highest BCUT2D eigenvalue weighted by molar-refractivity contribution is 6.36. The Morgan fingerprint density at radius 3 is 2.09 bits per heavy atom. The Kier molecular flexibility index (Phi) is 9.67. The molecule has 2 spiro atoms. The molecule has 4 aromatic carbocycles. The number of hydrogen-bond donors (Lipinski definition) is 1. The molecule has 57 heavy (non-hydrogen) atoms. The van der Waals surface area contributed by atoms with Crippen LogP contribution in [0.1, 0.15) is 41.0 Å². The Balaban J connectivity index is 1.19. The zero-order valence-electron chi connectivity index (χ0n) is 31.2. The summed E-state index contributed by atoms with van der Waals surface area (Å²) in [5.74, 6) is -2.87. The van der Waals surface area contributed by atoms with E-state index in [0.717, 1.165) is 21.6 Å². The number of carbonyl (C=O) groups excluding carboxylic acids is 4. The van der Waals surface area contributed by atoms with E-state index in [4.69, 9.17) is 41.4 Å². The minimum atomic E-state index is -1.36. The van der Waals surface area contributed by atoms with Gasteiger partial charge < -0.3 is 10.2 Å². The van der Waals surface area contributed by atoms with E-state index in [9.17, 15) is 24.4 Å². The molecule has 0 saturated carbocycles. The molecule has 4 saturated heterocycles. The fourth-order valence-corrected chi connectivity index (χ4v) is 10.5. The highest BCUT2D eigenvalue weighted by Crippen LogP contribution is 2.55. The Morgan fingerprint density at radius 2 is 1.47 bits per heavy atom. The van der Waals surface area contributed by atoms with Gasteiger partial charge in [0.1, 0.15) is 5.54 Å². The van der Waals surface area contributed by atoms with Crippen LogP contribution in [0.2, 0.25) is 15.1 Å². The molecule has 0 bridgehead atoms. The first kappa shape index (κ1) is 38.6. The number of hydrogen-bond acceptors (Lipinski definition) is 7. The van der Waals surface area contributed by atoms with Crippen LogP contribution in [-0.2, 0) is 14.4 Å². The van der Waals surface area contributed by atoms with Crippen molar-refractivity contribution in [3.05, 3.63) is 134 Å². The zero-order valence-corrected chi connectivity index (χ0v) is 33.4. The van der Waals surface area contributed by atoms with Gasteiger partial charge in [-0.05, 0) is 72.1 Å². The van der Waals surface area contributed by atoms with Crippen LogP contribution in [0.25, 0.3) is 4.85 Å². The number of nitrogens with zero attached hydrogens (tertiary/aromatic N) is 6. The normalized spacial score (nSPS) is 27.3. The van der Waals surface area contributed by atoms with Crippen LogP contribution in [0.15, 0.2) is 84.9 Å². The lowest BCUT2D eigenvalue weighted by atomic mass is 9.66. The molecule has 14 heteroatoms. The monoisotopic (exact) mass is 819 g/mol. The molecular weight excluding hydrogens is 785 g/mol. The van der Waals surface area contributed by atoms with Crippen molar-refractivity contribution in [3.63, 3.8) is 0 Å². The predicted molar refractivity (Wildman–Crippen MR) is 218 cm³/mol. The zero-order chi connectivity index (χ0) is 40.6. The molecule has 11 nitrogen and oxygen atoms in total. The van der Waals surface area contributed by atoms with Gasteiger partial charge in [0.25, 0.3) is 5.91 Å². The lowest BCUT2D eigenvalue weighted by Gasteiger charge is -2.35. The SMILES string of the molecule is [C-]#[N+]c1ccc([C@@H]2C(CN3C[C@@H](c4ccc(C#N)cc4)[C@]4(C3)C(=O)N(c3cc(Cl)cc(Cl)c3)C(=O)N4C)NC[C@]23C(=O)N(c2cc(C)cc(Cl)c2)C(=O)[C@H]3C)cc1. The second-order valence-corrected chi connectivity index (χ2v) is 16.7. The molecule has 0 aliphatic carbocycles. The van der Waals surface area contributed by atoms with E-state index < -0.39 is 46.7 Å². The molecule has 288 valence electrons. The summed E-state index contributed by atoms with van der Waals surface area (Å²) in [6, 6.07) is 25.1. The predicted octanol–water partition coefficient (Wildman–Crippen LogP) is 7.57. The first-order valence-corrected chi connectivity index (χ1v) is 19.5. The number of benzene rings is 4. The van der Waals surface area contributed by atoms with Crippen LogP contribution in [0.4, 0.5) is 21.9 Å². The Bertz CT molecular complexity index is 2410. The quantitative estimate of drug-likeness (QED) is 0.121. The van der Waals surface area contributed by atoms with E-state index in [0.29, 0.717) is 35.1 Å². The van der Waals surface area contributed by atoms with E-state index in [1.54, 1.807) is 56.4 Å². The fourth-order valence-electron chi connectivity index (χ4n) is 9.68. The van der Waals surface area contributed by atoms with Crippen LogP contribution in [0.3, 0.4) is 0 Å². The van der Waals surface area contributed by atoms with Crippen molar-refractivity contribution in [2.75, 3.05) is 43.0 Å². The van der Waals surface area contributed by atoms with Gasteiger partial charge in [0.15, 0.2) is 5.69 Å². The molecule has 4 heterocycles. The molecular formula is C43H36Cl3N7O4. The smallest absolute Gasteiger partial charge is 0.311 e. The Morgan fingerprint density at radius 1 is 0.860 bits per heavy atom. The molecule has 4 fully saturated rings. The average molecular weight is 821 g/mol. The Labute approximate surface area is 345 Å². The molecule has 5 amide bonds. The van der Waals surface area contributed by atoms with Gasteiger partial charge in [-0.25, -0.2) is 19.4 Å². The van der Waals surface area contributed by atoms with Crippen LogP contribution < -0.4 is 15.1 Å². The van der Waals surface area contributed by atoms with Crippen LogP contribution in [0.5, 0.6) is 0 Å². The van der Waals surface area contributed by atoms with Crippen LogP contribution in [0, 0.1) is 36.2 Å². The summed E-state index contributed by atoms with van der Waals surface area (Å²) in [4.78, 5) is 67.8. The first-order chi connectivity index (χ1) is 27.2.